The average molecular weight is 314 g/mol. The molecule has 116 valence electrons. The minimum Gasteiger partial charge on any atom is -0.325 e. The van der Waals surface area contributed by atoms with Crippen molar-refractivity contribution in [1.82, 2.24) is 0 Å². The zero-order valence-electron chi connectivity index (χ0n) is 12.7. The number of anilines is 1. The van der Waals surface area contributed by atoms with Gasteiger partial charge in [0.2, 0.25) is 5.91 Å². The molecule has 2 atom stereocenters. The van der Waals surface area contributed by atoms with Crippen molar-refractivity contribution in [3.8, 4) is 0 Å². The summed E-state index contributed by atoms with van der Waals surface area (Å²) in [6.07, 6.45) is 1.64. The third kappa shape index (κ3) is 5.20. The van der Waals surface area contributed by atoms with E-state index in [2.05, 4.69) is 24.4 Å². The first-order valence-electron chi connectivity index (χ1n) is 7.52. The summed E-state index contributed by atoms with van der Waals surface area (Å²) in [4.78, 5) is 13.4. The van der Waals surface area contributed by atoms with Crippen molar-refractivity contribution < 1.29 is 4.79 Å². The molecule has 3 N–H and O–H groups in total. The zero-order chi connectivity index (χ0) is 15.8. The second kappa shape index (κ2) is 8.61. The summed E-state index contributed by atoms with van der Waals surface area (Å²) in [6.45, 7) is 2.13. The summed E-state index contributed by atoms with van der Waals surface area (Å²) in [5.41, 5.74) is 6.85. The maximum Gasteiger partial charge on any atom is 0.241 e. The minimum absolute atomic E-state index is 0.127. The number of hydrogen-bond donors (Lipinski definition) is 2. The first kappa shape index (κ1) is 16.6. The van der Waals surface area contributed by atoms with Crippen molar-refractivity contribution in [2.75, 3.05) is 5.32 Å². The van der Waals surface area contributed by atoms with E-state index in [1.165, 1.54) is 4.90 Å². The minimum atomic E-state index is -0.499. The van der Waals surface area contributed by atoms with Gasteiger partial charge in [-0.1, -0.05) is 43.3 Å². The smallest absolute Gasteiger partial charge is 0.241 e. The van der Waals surface area contributed by atoms with Crippen molar-refractivity contribution in [3.63, 3.8) is 0 Å². The fourth-order valence-electron chi connectivity index (χ4n) is 2.14. The Labute approximate surface area is 136 Å². The van der Waals surface area contributed by atoms with Gasteiger partial charge in [0.05, 0.1) is 6.04 Å². The Morgan fingerprint density at radius 2 is 1.68 bits per heavy atom. The monoisotopic (exact) mass is 314 g/mol. The number of carbonyl (C=O) groups is 1. The zero-order valence-corrected chi connectivity index (χ0v) is 13.6. The molecule has 0 saturated heterocycles. The topological polar surface area (TPSA) is 55.1 Å². The molecule has 0 aliphatic carbocycles. The predicted molar refractivity (Wildman–Crippen MR) is 94.0 cm³/mol. The highest BCUT2D eigenvalue weighted by Gasteiger charge is 2.19. The van der Waals surface area contributed by atoms with Gasteiger partial charge in [0.25, 0.3) is 0 Å². The van der Waals surface area contributed by atoms with Crippen LogP contribution in [0.15, 0.2) is 65.6 Å². The van der Waals surface area contributed by atoms with E-state index >= 15 is 0 Å². The third-order valence-corrected chi connectivity index (χ3v) is 4.80. The molecule has 0 aromatic heterocycles. The van der Waals surface area contributed by atoms with Crippen LogP contribution in [0.4, 0.5) is 5.69 Å². The molecule has 2 aromatic carbocycles. The number of carbonyl (C=O) groups excluding carboxylic acids is 1. The van der Waals surface area contributed by atoms with Gasteiger partial charge in [-0.15, -0.1) is 11.8 Å². The molecule has 0 heterocycles. The molecule has 0 aliphatic heterocycles. The Kier molecular flexibility index (Phi) is 6.49. The van der Waals surface area contributed by atoms with Gasteiger partial charge in [-0.05, 0) is 37.1 Å². The Morgan fingerprint density at radius 3 is 2.27 bits per heavy atom. The summed E-state index contributed by atoms with van der Waals surface area (Å²) >= 11 is 1.78. The standard InChI is InChI=1S/C18H22N2OS/c1-2-15(22-16-11-7-4-8-12-16)13-17(19)18(21)20-14-9-5-3-6-10-14/h3-12,15,17H,2,13,19H2,1H3,(H,20,21). The quantitative estimate of drug-likeness (QED) is 0.762. The number of hydrogen-bond acceptors (Lipinski definition) is 3. The molecule has 0 saturated carbocycles. The van der Waals surface area contributed by atoms with Crippen molar-refractivity contribution in [2.24, 2.45) is 5.73 Å². The lowest BCUT2D eigenvalue weighted by atomic mass is 10.1. The van der Waals surface area contributed by atoms with Gasteiger partial charge in [-0.25, -0.2) is 0 Å². The van der Waals surface area contributed by atoms with Crippen molar-refractivity contribution in [2.45, 2.75) is 36.0 Å². The number of amides is 1. The largest absolute Gasteiger partial charge is 0.325 e. The lowest BCUT2D eigenvalue weighted by Gasteiger charge is -2.19. The lowest BCUT2D eigenvalue weighted by molar-refractivity contribution is -0.117. The summed E-state index contributed by atoms with van der Waals surface area (Å²) in [7, 11) is 0. The van der Waals surface area contributed by atoms with Crippen LogP contribution in [0.2, 0.25) is 0 Å². The predicted octanol–water partition coefficient (Wildman–Crippen LogP) is 3.91. The molecule has 22 heavy (non-hydrogen) atoms. The number of benzene rings is 2. The number of rotatable bonds is 7. The van der Waals surface area contributed by atoms with Crippen LogP contribution in [0.5, 0.6) is 0 Å². The second-order valence-corrected chi connectivity index (χ2v) is 6.53. The Balaban J connectivity index is 1.88. The Morgan fingerprint density at radius 1 is 1.09 bits per heavy atom. The molecule has 0 bridgehead atoms. The Hall–Kier alpha value is -1.78. The van der Waals surface area contributed by atoms with Gasteiger partial charge in [0.15, 0.2) is 0 Å². The SMILES string of the molecule is CCC(CC(N)C(=O)Nc1ccccc1)Sc1ccccc1. The van der Waals surface area contributed by atoms with Crippen molar-refractivity contribution in [3.05, 3.63) is 60.7 Å². The van der Waals surface area contributed by atoms with Crippen LogP contribution in [0.25, 0.3) is 0 Å². The van der Waals surface area contributed by atoms with Gasteiger partial charge in [0.1, 0.15) is 0 Å². The molecule has 2 aromatic rings. The van der Waals surface area contributed by atoms with Gasteiger partial charge in [-0.3, -0.25) is 4.79 Å². The highest BCUT2D eigenvalue weighted by Crippen LogP contribution is 2.28. The molecule has 2 rings (SSSR count). The normalized spacial score (nSPS) is 13.4. The molecule has 0 fully saturated rings. The van der Waals surface area contributed by atoms with E-state index in [1.54, 1.807) is 11.8 Å². The molecule has 0 radical (unpaired) electrons. The van der Waals surface area contributed by atoms with E-state index < -0.39 is 6.04 Å². The second-order valence-electron chi connectivity index (χ2n) is 5.16. The maximum absolute atomic E-state index is 12.2. The lowest BCUT2D eigenvalue weighted by Crippen LogP contribution is -2.37. The molecule has 0 spiro atoms. The van der Waals surface area contributed by atoms with E-state index in [-0.39, 0.29) is 5.91 Å². The summed E-state index contributed by atoms with van der Waals surface area (Å²) in [6, 6.07) is 19.1. The molecular weight excluding hydrogens is 292 g/mol. The molecule has 2 unspecified atom stereocenters. The summed E-state index contributed by atoms with van der Waals surface area (Å²) < 4.78 is 0. The molecule has 4 heteroatoms. The number of para-hydroxylation sites is 1. The van der Waals surface area contributed by atoms with E-state index in [0.717, 1.165) is 12.1 Å². The van der Waals surface area contributed by atoms with Gasteiger partial charge in [0, 0.05) is 15.8 Å². The van der Waals surface area contributed by atoms with Gasteiger partial charge in [-0.2, -0.15) is 0 Å². The summed E-state index contributed by atoms with van der Waals surface area (Å²) in [5.74, 6) is -0.127. The third-order valence-electron chi connectivity index (χ3n) is 3.40. The highest BCUT2D eigenvalue weighted by molar-refractivity contribution is 8.00. The van der Waals surface area contributed by atoms with Crippen LogP contribution >= 0.6 is 11.8 Å². The summed E-state index contributed by atoms with van der Waals surface area (Å²) in [5, 5.41) is 3.19. The first-order chi connectivity index (χ1) is 10.7. The van der Waals surface area contributed by atoms with Crippen LogP contribution in [-0.2, 0) is 4.79 Å². The van der Waals surface area contributed by atoms with E-state index in [0.29, 0.717) is 11.7 Å². The Bertz CT molecular complexity index is 574. The molecular formula is C18H22N2OS. The van der Waals surface area contributed by atoms with Crippen molar-refractivity contribution >= 4 is 23.4 Å². The fourth-order valence-corrected chi connectivity index (χ4v) is 3.31. The average Bonchev–Trinajstić information content (AvgIpc) is 2.56. The van der Waals surface area contributed by atoms with Crippen LogP contribution < -0.4 is 11.1 Å². The molecule has 1 amide bonds. The van der Waals surface area contributed by atoms with E-state index in [9.17, 15) is 4.79 Å². The van der Waals surface area contributed by atoms with Crippen LogP contribution in [0.1, 0.15) is 19.8 Å². The van der Waals surface area contributed by atoms with Crippen LogP contribution in [0, 0.1) is 0 Å². The molecule has 0 aliphatic rings. The fraction of sp³-hybridized carbons (Fsp3) is 0.278. The van der Waals surface area contributed by atoms with Gasteiger partial charge < -0.3 is 11.1 Å². The first-order valence-corrected chi connectivity index (χ1v) is 8.40. The van der Waals surface area contributed by atoms with Crippen LogP contribution in [0.3, 0.4) is 0 Å². The highest BCUT2D eigenvalue weighted by atomic mass is 32.2. The molecule has 3 nitrogen and oxygen atoms in total. The van der Waals surface area contributed by atoms with E-state index in [1.807, 2.05) is 48.5 Å². The number of nitrogens with one attached hydrogen (secondary N) is 1. The number of nitrogens with two attached hydrogens (primary N) is 1. The number of thioether (sulfide) groups is 1. The van der Waals surface area contributed by atoms with Crippen LogP contribution in [-0.4, -0.2) is 17.2 Å². The maximum atomic E-state index is 12.2. The van der Waals surface area contributed by atoms with Gasteiger partial charge >= 0.3 is 0 Å². The van der Waals surface area contributed by atoms with Crippen molar-refractivity contribution in [1.29, 1.82) is 0 Å². The van der Waals surface area contributed by atoms with E-state index in [4.69, 9.17) is 5.73 Å².